The fourth-order valence-corrected chi connectivity index (χ4v) is 3.79. The summed E-state index contributed by atoms with van der Waals surface area (Å²) in [6.45, 7) is 3.03. The summed E-state index contributed by atoms with van der Waals surface area (Å²) in [4.78, 5) is 25.2. The molecule has 1 heterocycles. The van der Waals surface area contributed by atoms with Crippen molar-refractivity contribution in [1.82, 2.24) is 0 Å². The molecule has 0 unspecified atom stereocenters. The van der Waals surface area contributed by atoms with Crippen LogP contribution in [0.5, 0.6) is 5.75 Å². The van der Waals surface area contributed by atoms with Crippen LogP contribution in [0.1, 0.15) is 55.7 Å². The van der Waals surface area contributed by atoms with Gasteiger partial charge in [-0.1, -0.05) is 44.0 Å². The number of aliphatic carboxylic acids is 1. The predicted octanol–water partition coefficient (Wildman–Crippen LogP) is 4.89. The quantitative estimate of drug-likeness (QED) is 0.563. The third kappa shape index (κ3) is 5.38. The number of halogens is 1. The Morgan fingerprint density at radius 1 is 1.13 bits per heavy atom. The highest BCUT2D eigenvalue weighted by molar-refractivity contribution is 5.96. The van der Waals surface area contributed by atoms with Gasteiger partial charge in [-0.2, -0.15) is 0 Å². The number of carboxylic acid groups (broad SMARTS) is 1. The van der Waals surface area contributed by atoms with Gasteiger partial charge in [-0.05, 0) is 36.5 Å². The molecule has 30 heavy (non-hydrogen) atoms. The topological polar surface area (TPSA) is 66.8 Å². The monoisotopic (exact) mass is 413 g/mol. The second kappa shape index (κ2) is 10.2. The van der Waals surface area contributed by atoms with E-state index < -0.39 is 11.8 Å². The lowest BCUT2D eigenvalue weighted by Gasteiger charge is -2.21. The van der Waals surface area contributed by atoms with E-state index in [0.717, 1.165) is 42.5 Å². The molecule has 160 valence electrons. The molecule has 1 N–H and O–H groups in total. The van der Waals surface area contributed by atoms with Gasteiger partial charge in [0.1, 0.15) is 18.2 Å². The molecule has 0 atom stereocenters. The number of aryl methyl sites for hydroxylation is 1. The van der Waals surface area contributed by atoms with Crippen molar-refractivity contribution in [2.75, 3.05) is 11.4 Å². The number of para-hydroxylation sites is 1. The molecule has 0 aromatic heterocycles. The Hall–Kier alpha value is -2.89. The fourth-order valence-electron chi connectivity index (χ4n) is 3.79. The van der Waals surface area contributed by atoms with E-state index in [0.29, 0.717) is 24.3 Å². The first-order chi connectivity index (χ1) is 14.5. The molecule has 2 aromatic rings. The average Bonchev–Trinajstić information content (AvgIpc) is 3.16. The van der Waals surface area contributed by atoms with Crippen LogP contribution in [0.25, 0.3) is 0 Å². The number of ether oxygens (including phenoxy) is 1. The first-order valence-corrected chi connectivity index (χ1v) is 10.5. The molecule has 0 fully saturated rings. The van der Waals surface area contributed by atoms with Gasteiger partial charge >= 0.3 is 5.97 Å². The molecule has 1 amide bonds. The van der Waals surface area contributed by atoms with Crippen LogP contribution in [0.4, 0.5) is 10.1 Å². The normalized spacial score (nSPS) is 12.7. The van der Waals surface area contributed by atoms with Crippen molar-refractivity contribution in [1.29, 1.82) is 0 Å². The minimum atomic E-state index is -0.957. The molecule has 0 bridgehead atoms. The second-order valence-corrected chi connectivity index (χ2v) is 7.61. The summed E-state index contributed by atoms with van der Waals surface area (Å²) in [5.74, 6) is -0.910. The first kappa shape index (κ1) is 21.8. The van der Waals surface area contributed by atoms with E-state index in [1.54, 1.807) is 12.1 Å². The molecule has 1 aliphatic rings. The van der Waals surface area contributed by atoms with Crippen molar-refractivity contribution in [2.24, 2.45) is 0 Å². The summed E-state index contributed by atoms with van der Waals surface area (Å²) in [5.41, 5.74) is 3.33. The number of rotatable bonds is 10. The standard InChI is InChI=1S/C24H28FNO4/c1-2-3-4-8-22(27)26-14-13-18-6-5-7-19(24(18)26)16-30-20-11-9-17(21(25)15-20)10-12-23(28)29/h5-7,9,11,15H,2-4,8,10,12-14,16H2,1H3,(H,28,29). The molecule has 3 rings (SSSR count). The number of hydrogen-bond donors (Lipinski definition) is 1. The minimum Gasteiger partial charge on any atom is -0.489 e. The minimum absolute atomic E-state index is 0.116. The largest absolute Gasteiger partial charge is 0.489 e. The van der Waals surface area contributed by atoms with Crippen molar-refractivity contribution >= 4 is 17.6 Å². The Morgan fingerprint density at radius 2 is 1.97 bits per heavy atom. The maximum atomic E-state index is 14.2. The van der Waals surface area contributed by atoms with Crippen LogP contribution in [-0.2, 0) is 29.0 Å². The van der Waals surface area contributed by atoms with Gasteiger partial charge in [-0.3, -0.25) is 9.59 Å². The van der Waals surface area contributed by atoms with Crippen molar-refractivity contribution in [3.8, 4) is 5.75 Å². The van der Waals surface area contributed by atoms with E-state index in [1.165, 1.54) is 6.07 Å². The molecule has 0 saturated carbocycles. The van der Waals surface area contributed by atoms with Crippen LogP contribution in [0.15, 0.2) is 36.4 Å². The Bertz CT molecular complexity index is 912. The van der Waals surface area contributed by atoms with Crippen molar-refractivity contribution < 1.29 is 23.8 Å². The Kier molecular flexibility index (Phi) is 7.44. The second-order valence-electron chi connectivity index (χ2n) is 7.61. The van der Waals surface area contributed by atoms with Gasteiger partial charge in [-0.25, -0.2) is 4.39 Å². The molecule has 0 spiro atoms. The molecule has 6 heteroatoms. The van der Waals surface area contributed by atoms with Crippen LogP contribution >= 0.6 is 0 Å². The molecule has 5 nitrogen and oxygen atoms in total. The summed E-state index contributed by atoms with van der Waals surface area (Å²) in [6, 6.07) is 10.4. The SMILES string of the molecule is CCCCCC(=O)N1CCc2cccc(COc3ccc(CCC(=O)O)c(F)c3)c21. The van der Waals surface area contributed by atoms with Crippen LogP contribution in [0, 0.1) is 5.82 Å². The van der Waals surface area contributed by atoms with Gasteiger partial charge in [0, 0.05) is 31.0 Å². The highest BCUT2D eigenvalue weighted by Crippen LogP contribution is 2.33. The van der Waals surface area contributed by atoms with E-state index in [9.17, 15) is 14.0 Å². The third-order valence-electron chi connectivity index (χ3n) is 5.40. The zero-order chi connectivity index (χ0) is 21.5. The number of carboxylic acids is 1. The van der Waals surface area contributed by atoms with Gasteiger partial charge in [0.2, 0.25) is 5.91 Å². The van der Waals surface area contributed by atoms with E-state index in [1.807, 2.05) is 23.1 Å². The van der Waals surface area contributed by atoms with Gasteiger partial charge in [0.05, 0.1) is 5.69 Å². The summed E-state index contributed by atoms with van der Waals surface area (Å²) in [7, 11) is 0. The summed E-state index contributed by atoms with van der Waals surface area (Å²) < 4.78 is 20.0. The predicted molar refractivity (Wildman–Crippen MR) is 113 cm³/mol. The lowest BCUT2D eigenvalue weighted by Crippen LogP contribution is -2.29. The summed E-state index contributed by atoms with van der Waals surface area (Å²) >= 11 is 0. The summed E-state index contributed by atoms with van der Waals surface area (Å²) in [6.07, 6.45) is 4.42. The van der Waals surface area contributed by atoms with Crippen LogP contribution in [-0.4, -0.2) is 23.5 Å². The number of carbonyl (C=O) groups is 2. The number of carbonyl (C=O) groups excluding carboxylic acids is 1. The molecule has 1 aliphatic heterocycles. The molecule has 2 aromatic carbocycles. The number of anilines is 1. The van der Waals surface area contributed by atoms with Gasteiger partial charge in [-0.15, -0.1) is 0 Å². The number of nitrogens with zero attached hydrogens (tertiary/aromatic N) is 1. The highest BCUT2D eigenvalue weighted by atomic mass is 19.1. The lowest BCUT2D eigenvalue weighted by molar-refractivity contribution is -0.137. The number of unbranched alkanes of at least 4 members (excludes halogenated alkanes) is 2. The lowest BCUT2D eigenvalue weighted by atomic mass is 10.1. The van der Waals surface area contributed by atoms with E-state index in [2.05, 4.69) is 6.92 Å². The van der Waals surface area contributed by atoms with Gasteiger partial charge < -0.3 is 14.7 Å². The molecular formula is C24H28FNO4. The average molecular weight is 413 g/mol. The van der Waals surface area contributed by atoms with E-state index in [-0.39, 0.29) is 25.4 Å². The zero-order valence-corrected chi connectivity index (χ0v) is 17.3. The smallest absolute Gasteiger partial charge is 0.303 e. The Labute approximate surface area is 176 Å². The van der Waals surface area contributed by atoms with Crippen molar-refractivity contribution in [3.63, 3.8) is 0 Å². The first-order valence-electron chi connectivity index (χ1n) is 10.5. The third-order valence-corrected chi connectivity index (χ3v) is 5.40. The number of benzene rings is 2. The van der Waals surface area contributed by atoms with E-state index >= 15 is 0 Å². The van der Waals surface area contributed by atoms with Gasteiger partial charge in [0.25, 0.3) is 0 Å². The van der Waals surface area contributed by atoms with Gasteiger partial charge in [0.15, 0.2) is 0 Å². The number of hydrogen-bond acceptors (Lipinski definition) is 3. The molecule has 0 aliphatic carbocycles. The van der Waals surface area contributed by atoms with Crippen LogP contribution in [0.3, 0.4) is 0 Å². The molecular weight excluding hydrogens is 385 g/mol. The highest BCUT2D eigenvalue weighted by Gasteiger charge is 2.26. The van der Waals surface area contributed by atoms with Crippen LogP contribution < -0.4 is 9.64 Å². The van der Waals surface area contributed by atoms with E-state index in [4.69, 9.17) is 9.84 Å². The molecule has 0 radical (unpaired) electrons. The maximum absolute atomic E-state index is 14.2. The van der Waals surface area contributed by atoms with Crippen molar-refractivity contribution in [3.05, 3.63) is 58.9 Å². The van der Waals surface area contributed by atoms with Crippen molar-refractivity contribution in [2.45, 2.75) is 58.5 Å². The zero-order valence-electron chi connectivity index (χ0n) is 17.3. The Morgan fingerprint density at radius 3 is 2.70 bits per heavy atom. The maximum Gasteiger partial charge on any atom is 0.303 e. The summed E-state index contributed by atoms with van der Waals surface area (Å²) in [5, 5.41) is 8.75. The Balaban J connectivity index is 1.68. The van der Waals surface area contributed by atoms with Crippen LogP contribution in [0.2, 0.25) is 0 Å². The molecule has 0 saturated heterocycles. The fraction of sp³-hybridized carbons (Fsp3) is 0.417. The number of amides is 1. The number of fused-ring (bicyclic) bond motifs is 1.